The van der Waals surface area contributed by atoms with Crippen LogP contribution in [0.4, 0.5) is 0 Å². The predicted octanol–water partition coefficient (Wildman–Crippen LogP) is 22.4. The average Bonchev–Trinajstić information content (AvgIpc) is 1.20. The number of aliphatic hydroxyl groups excluding tert-OH is 1. The van der Waals surface area contributed by atoms with Gasteiger partial charge >= 0.3 is 39.5 Å². The minimum Gasteiger partial charge on any atom is -0.462 e. The first-order valence-corrected chi connectivity index (χ1v) is 42.7. The molecule has 4 unspecified atom stereocenters. The van der Waals surface area contributed by atoms with Crippen LogP contribution in [0.25, 0.3) is 0 Å². The summed E-state index contributed by atoms with van der Waals surface area (Å²) < 4.78 is 68.6. The molecule has 0 spiro atoms. The normalized spacial score (nSPS) is 14.4. The van der Waals surface area contributed by atoms with Gasteiger partial charge in [-0.3, -0.25) is 37.3 Å². The fourth-order valence-corrected chi connectivity index (χ4v) is 13.3. The molecule has 0 fully saturated rings. The molecule has 0 saturated carbocycles. The fraction of sp³-hybridized carbons (Fsp3) is 0.948. The van der Waals surface area contributed by atoms with Crippen molar-refractivity contribution in [2.24, 2.45) is 23.7 Å². The minimum atomic E-state index is -4.96. The number of unbranched alkanes of at least 4 members (excludes halogenated alkanes) is 39. The SMILES string of the molecule is CCC(C)CCCCCCCCCCCCCCCCC(=O)O[C@H](COC(=O)CCCCCCCCCCCCCC(C)C)COP(=O)(O)OCC(O)COP(=O)(O)OC[C@@H](COC(=O)CCCCCCCCCCC(C)C)OC(=O)CCCCCCCCCCCCC(C)C. The number of carbonyl (C=O) groups excluding carboxylic acids is 4. The molecule has 0 saturated heterocycles. The highest BCUT2D eigenvalue weighted by Gasteiger charge is 2.30. The lowest BCUT2D eigenvalue weighted by Crippen LogP contribution is -2.30. The second-order valence-electron chi connectivity index (χ2n) is 29.4. The summed E-state index contributed by atoms with van der Waals surface area (Å²) in [5.74, 6) is 0.976. The largest absolute Gasteiger partial charge is 0.472 e. The van der Waals surface area contributed by atoms with Gasteiger partial charge in [0, 0.05) is 25.7 Å². The van der Waals surface area contributed by atoms with Crippen molar-refractivity contribution in [3.63, 3.8) is 0 Å². The first-order chi connectivity index (χ1) is 46.1. The van der Waals surface area contributed by atoms with Gasteiger partial charge in [0.15, 0.2) is 12.2 Å². The van der Waals surface area contributed by atoms with Crippen LogP contribution < -0.4 is 0 Å². The van der Waals surface area contributed by atoms with Crippen LogP contribution in [0.1, 0.15) is 389 Å². The van der Waals surface area contributed by atoms with Gasteiger partial charge < -0.3 is 33.8 Å². The van der Waals surface area contributed by atoms with Crippen LogP contribution in [0, 0.1) is 23.7 Å². The zero-order valence-electron chi connectivity index (χ0n) is 63.0. The van der Waals surface area contributed by atoms with Gasteiger partial charge in [0.05, 0.1) is 26.4 Å². The van der Waals surface area contributed by atoms with E-state index in [1.165, 1.54) is 193 Å². The van der Waals surface area contributed by atoms with E-state index in [1.807, 2.05) is 0 Å². The summed E-state index contributed by atoms with van der Waals surface area (Å²) in [6, 6.07) is 0. The number of ether oxygens (including phenoxy) is 4. The lowest BCUT2D eigenvalue weighted by molar-refractivity contribution is -0.161. The van der Waals surface area contributed by atoms with Crippen LogP contribution >= 0.6 is 15.6 Å². The third-order valence-corrected chi connectivity index (χ3v) is 20.1. The van der Waals surface area contributed by atoms with E-state index in [1.54, 1.807) is 0 Å². The van der Waals surface area contributed by atoms with Gasteiger partial charge in [-0.15, -0.1) is 0 Å². The molecule has 0 aliphatic heterocycles. The highest BCUT2D eigenvalue weighted by atomic mass is 31.2. The Hall–Kier alpha value is -1.94. The molecular weight excluding hydrogens is 1260 g/mol. The molecule has 6 atom stereocenters. The maximum Gasteiger partial charge on any atom is 0.472 e. The number of aliphatic hydroxyl groups is 1. The van der Waals surface area contributed by atoms with Crippen LogP contribution in [-0.4, -0.2) is 96.7 Å². The van der Waals surface area contributed by atoms with E-state index >= 15 is 0 Å². The first kappa shape index (κ1) is 94.1. The number of rotatable bonds is 74. The summed E-state index contributed by atoms with van der Waals surface area (Å²) in [5.41, 5.74) is 0. The molecule has 0 aromatic carbocycles. The number of hydrogen-bond donors (Lipinski definition) is 3. The Labute approximate surface area is 588 Å². The van der Waals surface area contributed by atoms with E-state index < -0.39 is 97.5 Å². The maximum atomic E-state index is 13.1. The Bertz CT molecular complexity index is 1890. The number of phosphoric acid groups is 2. The van der Waals surface area contributed by atoms with Crippen molar-refractivity contribution in [1.29, 1.82) is 0 Å². The molecule has 0 rings (SSSR count). The summed E-state index contributed by atoms with van der Waals surface area (Å²) in [5, 5.41) is 10.6. The van der Waals surface area contributed by atoms with Crippen molar-refractivity contribution in [1.82, 2.24) is 0 Å². The third-order valence-electron chi connectivity index (χ3n) is 18.2. The summed E-state index contributed by atoms with van der Waals surface area (Å²) in [6.07, 6.45) is 51.3. The van der Waals surface area contributed by atoms with E-state index in [-0.39, 0.29) is 25.7 Å². The monoisotopic (exact) mass is 1410 g/mol. The van der Waals surface area contributed by atoms with Gasteiger partial charge in [-0.05, 0) is 49.4 Å². The summed E-state index contributed by atoms with van der Waals surface area (Å²) >= 11 is 0. The average molecular weight is 1410 g/mol. The van der Waals surface area contributed by atoms with Crippen LogP contribution in [-0.2, 0) is 65.4 Å². The van der Waals surface area contributed by atoms with Gasteiger partial charge in [-0.25, -0.2) is 9.13 Å². The zero-order chi connectivity index (χ0) is 71.0. The van der Waals surface area contributed by atoms with Crippen molar-refractivity contribution in [2.45, 2.75) is 408 Å². The van der Waals surface area contributed by atoms with Gasteiger partial charge in [-0.2, -0.15) is 0 Å². The second kappa shape index (κ2) is 66.3. The van der Waals surface area contributed by atoms with Crippen LogP contribution in [0.2, 0.25) is 0 Å². The van der Waals surface area contributed by atoms with Gasteiger partial charge in [0.1, 0.15) is 19.3 Å². The van der Waals surface area contributed by atoms with Crippen molar-refractivity contribution >= 4 is 39.5 Å². The van der Waals surface area contributed by atoms with Gasteiger partial charge in [0.25, 0.3) is 0 Å². The summed E-state index contributed by atoms with van der Waals surface area (Å²) in [4.78, 5) is 72.9. The minimum absolute atomic E-state index is 0.105. The van der Waals surface area contributed by atoms with E-state index in [4.69, 9.17) is 37.0 Å². The quantitative estimate of drug-likeness (QED) is 0.0222. The maximum absolute atomic E-state index is 13.1. The molecule has 17 nitrogen and oxygen atoms in total. The van der Waals surface area contributed by atoms with E-state index in [2.05, 4.69) is 55.4 Å². The Morgan fingerprint density at radius 1 is 0.292 bits per heavy atom. The van der Waals surface area contributed by atoms with Gasteiger partial charge in [0.2, 0.25) is 0 Å². The summed E-state index contributed by atoms with van der Waals surface area (Å²) in [6.45, 7) is 14.2. The zero-order valence-corrected chi connectivity index (χ0v) is 64.8. The molecule has 0 amide bonds. The molecule has 0 bridgehead atoms. The van der Waals surface area contributed by atoms with Crippen LogP contribution in [0.3, 0.4) is 0 Å². The standard InChI is InChI=1S/C77H150O17P2/c1-9-70(8)56-48-40-32-23-16-12-10-11-13-17-25-35-43-51-59-76(81)93-72(63-87-74(79)57-49-41-33-24-18-14-15-21-29-37-45-53-67(2)3)65-91-95(83,84)89-61-71(78)62-90-96(85,86)92-66-73(64-88-75(80)58-50-42-34-28-27-31-39-47-55-69(6)7)94-77(82)60-52-44-36-26-20-19-22-30-38-46-54-68(4)5/h67-73,78H,9-66H2,1-8H3,(H,83,84)(H,85,86)/t70?,71?,72-,73-/m1/s1. The molecule has 0 aliphatic rings. The molecular formula is C77H150O17P2. The highest BCUT2D eigenvalue weighted by molar-refractivity contribution is 7.47. The number of hydrogen-bond acceptors (Lipinski definition) is 15. The number of carbonyl (C=O) groups is 4. The summed E-state index contributed by atoms with van der Waals surface area (Å²) in [7, 11) is -9.92. The fourth-order valence-electron chi connectivity index (χ4n) is 11.7. The predicted molar refractivity (Wildman–Crippen MR) is 391 cm³/mol. The lowest BCUT2D eigenvalue weighted by Gasteiger charge is -2.21. The third kappa shape index (κ3) is 69.2. The van der Waals surface area contributed by atoms with Crippen molar-refractivity contribution in [3.8, 4) is 0 Å². The van der Waals surface area contributed by atoms with E-state index in [0.29, 0.717) is 25.7 Å². The lowest BCUT2D eigenvalue weighted by atomic mass is 9.99. The molecule has 0 heterocycles. The molecule has 0 aromatic heterocycles. The molecule has 570 valence electrons. The highest BCUT2D eigenvalue weighted by Crippen LogP contribution is 2.45. The topological polar surface area (TPSA) is 237 Å². The molecule has 0 radical (unpaired) electrons. The van der Waals surface area contributed by atoms with Crippen molar-refractivity contribution in [3.05, 3.63) is 0 Å². The Morgan fingerprint density at radius 3 is 0.740 bits per heavy atom. The molecule has 96 heavy (non-hydrogen) atoms. The smallest absolute Gasteiger partial charge is 0.462 e. The second-order valence-corrected chi connectivity index (χ2v) is 32.3. The number of phosphoric ester groups is 2. The Morgan fingerprint density at radius 2 is 0.500 bits per heavy atom. The number of esters is 4. The van der Waals surface area contributed by atoms with E-state index in [9.17, 15) is 43.2 Å². The van der Waals surface area contributed by atoms with Gasteiger partial charge in [-0.1, -0.05) is 338 Å². The van der Waals surface area contributed by atoms with Crippen LogP contribution in [0.5, 0.6) is 0 Å². The van der Waals surface area contributed by atoms with Crippen molar-refractivity contribution in [2.75, 3.05) is 39.6 Å². The van der Waals surface area contributed by atoms with Crippen LogP contribution in [0.15, 0.2) is 0 Å². The molecule has 19 heteroatoms. The first-order valence-electron chi connectivity index (χ1n) is 39.7. The Kier molecular flexibility index (Phi) is 65.0. The molecule has 0 aliphatic carbocycles. The van der Waals surface area contributed by atoms with Crippen molar-refractivity contribution < 1.29 is 80.2 Å². The molecule has 3 N–H and O–H groups in total. The molecule has 0 aromatic rings. The van der Waals surface area contributed by atoms with E-state index in [0.717, 1.165) is 114 Å². The Balaban J connectivity index is 5.26.